The van der Waals surface area contributed by atoms with E-state index in [1.54, 1.807) is 19.1 Å². The first kappa shape index (κ1) is 29.8. The molecule has 7 nitrogen and oxygen atoms in total. The zero-order valence-corrected chi connectivity index (χ0v) is 26.1. The number of carbonyl (C=O) groups excluding carboxylic acids is 2. The fraction of sp³-hybridized carbons (Fsp3) is 0.282. The lowest BCUT2D eigenvalue weighted by Gasteiger charge is -2.56. The van der Waals surface area contributed by atoms with Crippen LogP contribution in [0.2, 0.25) is 0 Å². The predicted octanol–water partition coefficient (Wildman–Crippen LogP) is 6.29. The van der Waals surface area contributed by atoms with Crippen molar-refractivity contribution in [2.45, 2.75) is 36.8 Å². The summed E-state index contributed by atoms with van der Waals surface area (Å²) in [6, 6.07) is 33.2. The number of hydrogen-bond acceptors (Lipinski definition) is 5. The number of ether oxygens (including phenoxy) is 2. The van der Waals surface area contributed by atoms with Crippen LogP contribution in [0, 0.1) is 11.8 Å². The van der Waals surface area contributed by atoms with Crippen LogP contribution in [-0.2, 0) is 26.4 Å². The van der Waals surface area contributed by atoms with E-state index in [0.29, 0.717) is 23.4 Å². The number of nitrogens with one attached hydrogen (secondary N) is 1. The van der Waals surface area contributed by atoms with Crippen molar-refractivity contribution < 1.29 is 23.9 Å². The van der Waals surface area contributed by atoms with Gasteiger partial charge in [-0.15, -0.1) is 0 Å². The first-order chi connectivity index (χ1) is 22.5. The molecule has 2 bridgehead atoms. The van der Waals surface area contributed by atoms with Crippen molar-refractivity contribution in [3.63, 3.8) is 0 Å². The molecule has 0 radical (unpaired) electrons. The highest BCUT2D eigenvalue weighted by Crippen LogP contribution is 2.65. The number of fused-ring (bicyclic) bond motifs is 1. The summed E-state index contributed by atoms with van der Waals surface area (Å²) in [5.74, 6) is 0.735. The molecule has 1 aliphatic heterocycles. The van der Waals surface area contributed by atoms with Gasteiger partial charge in [0.15, 0.2) is 0 Å². The lowest BCUT2D eigenvalue weighted by molar-refractivity contribution is -0.145. The SMILES string of the molecule is C=C(C(=O)N1CC2C(C3CCC2(c2ccc(OC)cc2)c2ccccc23)C1C(=O)NOCc1ccccc1)c1ccccc1OC. The van der Waals surface area contributed by atoms with Crippen LogP contribution in [0.15, 0.2) is 110 Å². The number of rotatable bonds is 9. The topological polar surface area (TPSA) is 77.1 Å². The van der Waals surface area contributed by atoms with Crippen molar-refractivity contribution in [2.75, 3.05) is 20.8 Å². The van der Waals surface area contributed by atoms with Gasteiger partial charge in [0.1, 0.15) is 17.5 Å². The Labute approximate surface area is 269 Å². The van der Waals surface area contributed by atoms with Crippen LogP contribution in [0.3, 0.4) is 0 Å². The molecule has 8 rings (SSSR count). The summed E-state index contributed by atoms with van der Waals surface area (Å²) in [6.07, 6.45) is 1.84. The number of hydrogen-bond donors (Lipinski definition) is 1. The molecule has 5 unspecified atom stereocenters. The van der Waals surface area contributed by atoms with Gasteiger partial charge in [-0.25, -0.2) is 5.48 Å². The first-order valence-electron chi connectivity index (χ1n) is 15.8. The molecule has 0 aromatic heterocycles. The zero-order valence-electron chi connectivity index (χ0n) is 26.1. The van der Waals surface area contributed by atoms with Crippen molar-refractivity contribution in [1.29, 1.82) is 0 Å². The fourth-order valence-electron chi connectivity index (χ4n) is 8.48. The molecule has 7 heteroatoms. The summed E-state index contributed by atoms with van der Waals surface area (Å²) in [6.45, 7) is 4.86. The maximum Gasteiger partial charge on any atom is 0.266 e. The summed E-state index contributed by atoms with van der Waals surface area (Å²) in [5, 5.41) is 0. The van der Waals surface area contributed by atoms with E-state index in [4.69, 9.17) is 14.3 Å². The number of carbonyl (C=O) groups is 2. The Morgan fingerprint density at radius 3 is 2.37 bits per heavy atom. The molecule has 2 amide bonds. The standard InChI is InChI=1S/C39H38N2O5/c1-25(29-13-8-10-16-34(29)45-3)38(43)41-23-33-35(36(41)37(42)40-46-24-26-11-5-4-6-12-26)31-21-22-39(33,32-15-9-7-14-30(31)32)27-17-19-28(44-2)20-18-27/h4-20,31,33,35-36H,1,21-24H2,2-3H3,(H,40,42). The van der Waals surface area contributed by atoms with Crippen LogP contribution >= 0.6 is 0 Å². The second-order valence-electron chi connectivity index (χ2n) is 12.4. The molecule has 0 spiro atoms. The third-order valence-corrected chi connectivity index (χ3v) is 10.4. The van der Waals surface area contributed by atoms with Crippen molar-refractivity contribution in [3.05, 3.63) is 138 Å². The van der Waals surface area contributed by atoms with Gasteiger partial charge in [0.2, 0.25) is 0 Å². The second-order valence-corrected chi connectivity index (χ2v) is 12.4. The van der Waals surface area contributed by atoms with Gasteiger partial charge in [-0.3, -0.25) is 14.4 Å². The Morgan fingerprint density at radius 1 is 0.891 bits per heavy atom. The molecule has 1 N–H and O–H groups in total. The molecule has 46 heavy (non-hydrogen) atoms. The summed E-state index contributed by atoms with van der Waals surface area (Å²) in [5.41, 5.74) is 7.92. The Hall–Kier alpha value is -4.88. The lowest BCUT2D eigenvalue weighted by Crippen LogP contribution is -2.55. The van der Waals surface area contributed by atoms with E-state index in [1.165, 1.54) is 16.7 Å². The van der Waals surface area contributed by atoms with E-state index < -0.39 is 6.04 Å². The minimum atomic E-state index is -0.754. The number of nitrogens with zero attached hydrogens (tertiary/aromatic N) is 1. The van der Waals surface area contributed by atoms with Gasteiger partial charge >= 0.3 is 0 Å². The molecule has 2 fully saturated rings. The van der Waals surface area contributed by atoms with Crippen LogP contribution in [0.4, 0.5) is 0 Å². The summed E-state index contributed by atoms with van der Waals surface area (Å²) in [4.78, 5) is 36.3. The smallest absolute Gasteiger partial charge is 0.266 e. The molecule has 1 heterocycles. The number of amides is 2. The van der Waals surface area contributed by atoms with E-state index in [2.05, 4.69) is 48.5 Å². The quantitative estimate of drug-likeness (QED) is 0.177. The molecule has 234 valence electrons. The van der Waals surface area contributed by atoms with E-state index >= 15 is 0 Å². The maximum absolute atomic E-state index is 14.5. The highest BCUT2D eigenvalue weighted by Gasteiger charge is 2.64. The number of para-hydroxylation sites is 1. The van der Waals surface area contributed by atoms with Crippen molar-refractivity contribution >= 4 is 17.4 Å². The number of benzene rings is 4. The molecular weight excluding hydrogens is 576 g/mol. The van der Waals surface area contributed by atoms with Crippen LogP contribution in [0.25, 0.3) is 5.57 Å². The fourth-order valence-corrected chi connectivity index (χ4v) is 8.48. The third kappa shape index (κ3) is 4.77. The Morgan fingerprint density at radius 2 is 1.61 bits per heavy atom. The molecular formula is C39H38N2O5. The van der Waals surface area contributed by atoms with Crippen LogP contribution in [-0.4, -0.2) is 43.5 Å². The van der Waals surface area contributed by atoms with Crippen molar-refractivity contribution in [3.8, 4) is 11.5 Å². The summed E-state index contributed by atoms with van der Waals surface area (Å²) < 4.78 is 11.1. The zero-order chi connectivity index (χ0) is 31.8. The third-order valence-electron chi connectivity index (χ3n) is 10.4. The monoisotopic (exact) mass is 614 g/mol. The average Bonchev–Trinajstić information content (AvgIpc) is 3.54. The lowest BCUT2D eigenvalue weighted by atomic mass is 9.46. The number of likely N-dealkylation sites (tertiary alicyclic amines) is 1. The van der Waals surface area contributed by atoms with E-state index in [9.17, 15) is 9.59 Å². The molecule has 5 atom stereocenters. The Balaban J connectivity index is 1.30. The van der Waals surface area contributed by atoms with Gasteiger partial charge in [-0.2, -0.15) is 0 Å². The summed E-state index contributed by atoms with van der Waals surface area (Å²) >= 11 is 0. The average molecular weight is 615 g/mol. The predicted molar refractivity (Wildman–Crippen MR) is 176 cm³/mol. The largest absolute Gasteiger partial charge is 0.497 e. The van der Waals surface area contributed by atoms with Gasteiger partial charge < -0.3 is 14.4 Å². The maximum atomic E-state index is 14.5. The molecule has 3 aliphatic carbocycles. The van der Waals surface area contributed by atoms with Gasteiger partial charge in [0.25, 0.3) is 11.8 Å². The van der Waals surface area contributed by atoms with Gasteiger partial charge in [0, 0.05) is 29.0 Å². The number of hydroxylamine groups is 1. The minimum Gasteiger partial charge on any atom is -0.497 e. The van der Waals surface area contributed by atoms with Crippen LogP contribution in [0.1, 0.15) is 46.6 Å². The first-order valence-corrected chi connectivity index (χ1v) is 15.8. The van der Waals surface area contributed by atoms with Crippen LogP contribution in [0.5, 0.6) is 11.5 Å². The number of methoxy groups -OCH3 is 2. The van der Waals surface area contributed by atoms with E-state index in [-0.39, 0.29) is 41.6 Å². The molecule has 4 aromatic rings. The minimum absolute atomic E-state index is 0.00571. The molecule has 4 aromatic carbocycles. The van der Waals surface area contributed by atoms with Crippen LogP contribution < -0.4 is 15.0 Å². The Kier molecular flexibility index (Phi) is 7.87. The van der Waals surface area contributed by atoms with Gasteiger partial charge in [-0.1, -0.05) is 91.5 Å². The van der Waals surface area contributed by atoms with E-state index in [1.807, 2.05) is 66.7 Å². The van der Waals surface area contributed by atoms with Crippen molar-refractivity contribution in [1.82, 2.24) is 10.4 Å². The molecule has 4 aliphatic rings. The second kappa shape index (κ2) is 12.1. The highest BCUT2D eigenvalue weighted by molar-refractivity contribution is 6.20. The highest BCUT2D eigenvalue weighted by atomic mass is 16.7. The van der Waals surface area contributed by atoms with E-state index in [0.717, 1.165) is 24.2 Å². The molecule has 1 saturated carbocycles. The summed E-state index contributed by atoms with van der Waals surface area (Å²) in [7, 11) is 3.25. The molecule has 1 saturated heterocycles. The van der Waals surface area contributed by atoms with Crippen molar-refractivity contribution in [2.24, 2.45) is 11.8 Å². The normalized spacial score (nSPS) is 24.1. The van der Waals surface area contributed by atoms with Gasteiger partial charge in [0.05, 0.1) is 20.8 Å². The Bertz CT molecular complexity index is 1770. The van der Waals surface area contributed by atoms with Gasteiger partial charge in [-0.05, 0) is 65.1 Å².